The minimum absolute atomic E-state index is 0.0167. The summed E-state index contributed by atoms with van der Waals surface area (Å²) in [4.78, 5) is 15.3. The van der Waals surface area contributed by atoms with E-state index in [1.54, 1.807) is 24.4 Å². The number of nitrogens with zero attached hydrogens (tertiary/aromatic N) is 1. The lowest BCUT2D eigenvalue weighted by atomic mass is 10.1. The molecule has 0 aliphatic carbocycles. The van der Waals surface area contributed by atoms with Crippen molar-refractivity contribution in [3.63, 3.8) is 0 Å². The van der Waals surface area contributed by atoms with Crippen LogP contribution in [0.25, 0.3) is 0 Å². The van der Waals surface area contributed by atoms with E-state index in [4.69, 9.17) is 10.5 Å². The molecule has 0 unspecified atom stereocenters. The molecule has 1 rings (SSSR count). The molecule has 5 nitrogen and oxygen atoms in total. The van der Waals surface area contributed by atoms with Gasteiger partial charge < -0.3 is 15.8 Å². The third kappa shape index (κ3) is 5.43. The van der Waals surface area contributed by atoms with Crippen LogP contribution in [0.2, 0.25) is 0 Å². The summed E-state index contributed by atoms with van der Waals surface area (Å²) in [5.41, 5.74) is 5.28. The predicted molar refractivity (Wildman–Crippen MR) is 62.0 cm³/mol. The van der Waals surface area contributed by atoms with Gasteiger partial charge in [0.05, 0.1) is 6.61 Å². The molecule has 0 radical (unpaired) electrons. The normalized spacial score (nSPS) is 11.2. The molecule has 1 aromatic heterocycles. The average molecular weight is 223 g/mol. The van der Waals surface area contributed by atoms with Crippen molar-refractivity contribution >= 4 is 11.7 Å². The summed E-state index contributed by atoms with van der Waals surface area (Å²) in [7, 11) is 0. The molecule has 1 aromatic rings. The van der Waals surface area contributed by atoms with Gasteiger partial charge in [0, 0.05) is 11.7 Å². The summed E-state index contributed by atoms with van der Waals surface area (Å²) in [6.45, 7) is 3.99. The molecule has 0 fully saturated rings. The van der Waals surface area contributed by atoms with Crippen molar-refractivity contribution in [1.82, 2.24) is 4.98 Å². The summed E-state index contributed by atoms with van der Waals surface area (Å²) in [6, 6.07) is 5.29. The molecule has 88 valence electrons. The molecule has 0 aliphatic heterocycles. The fourth-order valence-electron chi connectivity index (χ4n) is 1.02. The maximum atomic E-state index is 11.4. The maximum absolute atomic E-state index is 11.4. The predicted octanol–water partition coefficient (Wildman–Crippen LogP) is 0.774. The van der Waals surface area contributed by atoms with Crippen molar-refractivity contribution < 1.29 is 9.53 Å². The van der Waals surface area contributed by atoms with Gasteiger partial charge in [-0.1, -0.05) is 6.07 Å². The number of hydrogen-bond donors (Lipinski definition) is 2. The Morgan fingerprint density at radius 1 is 1.56 bits per heavy atom. The fourth-order valence-corrected chi connectivity index (χ4v) is 1.02. The Hall–Kier alpha value is -1.46. The number of ether oxygens (including phenoxy) is 1. The van der Waals surface area contributed by atoms with Gasteiger partial charge in [-0.3, -0.25) is 4.79 Å². The van der Waals surface area contributed by atoms with Gasteiger partial charge in [-0.15, -0.1) is 0 Å². The van der Waals surface area contributed by atoms with E-state index in [0.29, 0.717) is 12.4 Å². The molecule has 0 aromatic carbocycles. The van der Waals surface area contributed by atoms with Crippen LogP contribution < -0.4 is 11.1 Å². The second-order valence-electron chi connectivity index (χ2n) is 4.24. The van der Waals surface area contributed by atoms with Crippen molar-refractivity contribution in [3.8, 4) is 0 Å². The van der Waals surface area contributed by atoms with Crippen LogP contribution in [0.4, 0.5) is 5.82 Å². The minimum Gasteiger partial charge on any atom is -0.370 e. The first-order chi connectivity index (χ1) is 7.47. The SMILES string of the molecule is CC(C)(N)COCC(=O)Nc1ccccn1. The van der Waals surface area contributed by atoms with Crippen molar-refractivity contribution in [2.24, 2.45) is 5.73 Å². The van der Waals surface area contributed by atoms with Gasteiger partial charge in [-0.05, 0) is 26.0 Å². The zero-order valence-corrected chi connectivity index (χ0v) is 9.56. The van der Waals surface area contributed by atoms with Gasteiger partial charge in [0.15, 0.2) is 0 Å². The van der Waals surface area contributed by atoms with Gasteiger partial charge in [0.2, 0.25) is 0 Å². The topological polar surface area (TPSA) is 77.2 Å². The maximum Gasteiger partial charge on any atom is 0.251 e. The first kappa shape index (κ1) is 12.6. The van der Waals surface area contributed by atoms with Crippen LogP contribution in [0, 0.1) is 0 Å². The highest BCUT2D eigenvalue weighted by Crippen LogP contribution is 2.00. The number of anilines is 1. The van der Waals surface area contributed by atoms with Crippen LogP contribution >= 0.6 is 0 Å². The molecular weight excluding hydrogens is 206 g/mol. The van der Waals surface area contributed by atoms with Crippen LogP contribution in [0.3, 0.4) is 0 Å². The molecule has 0 spiro atoms. The molecule has 0 saturated heterocycles. The van der Waals surface area contributed by atoms with Crippen LogP contribution in [-0.4, -0.2) is 29.6 Å². The highest BCUT2D eigenvalue weighted by molar-refractivity contribution is 5.90. The number of rotatable bonds is 5. The second-order valence-corrected chi connectivity index (χ2v) is 4.24. The number of pyridine rings is 1. The first-order valence-corrected chi connectivity index (χ1v) is 5.05. The van der Waals surface area contributed by atoms with Gasteiger partial charge >= 0.3 is 0 Å². The molecule has 1 amide bonds. The number of carbonyl (C=O) groups excluding carboxylic acids is 1. The van der Waals surface area contributed by atoms with Crippen LogP contribution in [0.1, 0.15) is 13.8 Å². The van der Waals surface area contributed by atoms with Crippen molar-refractivity contribution in [2.75, 3.05) is 18.5 Å². The Labute approximate surface area is 95.0 Å². The minimum atomic E-state index is -0.425. The van der Waals surface area contributed by atoms with E-state index in [1.807, 2.05) is 13.8 Å². The molecule has 0 aliphatic rings. The summed E-state index contributed by atoms with van der Waals surface area (Å²) >= 11 is 0. The number of nitrogens with two attached hydrogens (primary N) is 1. The highest BCUT2D eigenvalue weighted by Gasteiger charge is 2.11. The zero-order chi connectivity index (χ0) is 12.0. The number of aromatic nitrogens is 1. The Kier molecular flexibility index (Phi) is 4.39. The van der Waals surface area contributed by atoms with E-state index in [2.05, 4.69) is 10.3 Å². The van der Waals surface area contributed by atoms with E-state index in [-0.39, 0.29) is 12.5 Å². The molecule has 5 heteroatoms. The highest BCUT2D eigenvalue weighted by atomic mass is 16.5. The Morgan fingerprint density at radius 3 is 2.88 bits per heavy atom. The number of hydrogen-bond acceptors (Lipinski definition) is 4. The van der Waals surface area contributed by atoms with E-state index in [0.717, 1.165) is 0 Å². The van der Waals surface area contributed by atoms with Crippen LogP contribution in [-0.2, 0) is 9.53 Å². The van der Waals surface area contributed by atoms with Gasteiger partial charge in [-0.25, -0.2) is 4.98 Å². The lowest BCUT2D eigenvalue weighted by molar-refractivity contribution is -0.121. The van der Waals surface area contributed by atoms with Gasteiger partial charge in [-0.2, -0.15) is 0 Å². The van der Waals surface area contributed by atoms with E-state index in [1.165, 1.54) is 0 Å². The third-order valence-electron chi connectivity index (χ3n) is 1.64. The van der Waals surface area contributed by atoms with Gasteiger partial charge in [0.1, 0.15) is 12.4 Å². The summed E-state index contributed by atoms with van der Waals surface area (Å²) in [5, 5.41) is 2.61. The molecule has 0 saturated carbocycles. The number of amides is 1. The monoisotopic (exact) mass is 223 g/mol. The second kappa shape index (κ2) is 5.58. The van der Waals surface area contributed by atoms with Crippen LogP contribution in [0.5, 0.6) is 0 Å². The van der Waals surface area contributed by atoms with E-state index >= 15 is 0 Å². The van der Waals surface area contributed by atoms with E-state index in [9.17, 15) is 4.79 Å². The zero-order valence-electron chi connectivity index (χ0n) is 9.56. The lowest BCUT2D eigenvalue weighted by Gasteiger charge is -2.17. The largest absolute Gasteiger partial charge is 0.370 e. The summed E-state index contributed by atoms with van der Waals surface area (Å²) < 4.78 is 5.17. The molecule has 16 heavy (non-hydrogen) atoms. The summed E-state index contributed by atoms with van der Waals surface area (Å²) in [6.07, 6.45) is 1.61. The van der Waals surface area contributed by atoms with Crippen molar-refractivity contribution in [2.45, 2.75) is 19.4 Å². The first-order valence-electron chi connectivity index (χ1n) is 5.05. The van der Waals surface area contributed by atoms with Crippen molar-refractivity contribution in [3.05, 3.63) is 24.4 Å². The number of nitrogens with one attached hydrogen (secondary N) is 1. The lowest BCUT2D eigenvalue weighted by Crippen LogP contribution is -2.38. The molecule has 0 bridgehead atoms. The Morgan fingerprint density at radius 2 is 2.31 bits per heavy atom. The van der Waals surface area contributed by atoms with Crippen molar-refractivity contribution in [1.29, 1.82) is 0 Å². The van der Waals surface area contributed by atoms with E-state index < -0.39 is 5.54 Å². The molecule has 1 heterocycles. The Balaban J connectivity index is 2.27. The van der Waals surface area contributed by atoms with Gasteiger partial charge in [0.25, 0.3) is 5.91 Å². The average Bonchev–Trinajstić information content (AvgIpc) is 2.17. The molecule has 0 atom stereocenters. The third-order valence-corrected chi connectivity index (χ3v) is 1.64. The quantitative estimate of drug-likeness (QED) is 0.773. The van der Waals surface area contributed by atoms with Crippen LogP contribution in [0.15, 0.2) is 24.4 Å². The smallest absolute Gasteiger partial charge is 0.251 e. The summed E-state index contributed by atoms with van der Waals surface area (Å²) in [5.74, 6) is 0.283. The molecule has 3 N–H and O–H groups in total. The number of carbonyl (C=O) groups is 1. The standard InChI is InChI=1S/C11H17N3O2/c1-11(2,12)8-16-7-10(15)14-9-5-3-4-6-13-9/h3-6H,7-8,12H2,1-2H3,(H,13,14,15). The molecular formula is C11H17N3O2. The Bertz CT molecular complexity index is 333. The fraction of sp³-hybridized carbons (Fsp3) is 0.455.